The van der Waals surface area contributed by atoms with Crippen LogP contribution in [-0.4, -0.2) is 24.7 Å². The van der Waals surface area contributed by atoms with Crippen LogP contribution in [0.1, 0.15) is 73.1 Å². The second kappa shape index (κ2) is 7.63. The average molecular weight is 416 g/mol. The summed E-state index contributed by atoms with van der Waals surface area (Å²) in [6.45, 7) is 2.04. The van der Waals surface area contributed by atoms with Crippen LogP contribution in [0.25, 0.3) is 10.2 Å². The molecule has 28 heavy (non-hydrogen) atoms. The van der Waals surface area contributed by atoms with Crippen molar-refractivity contribution in [3.05, 3.63) is 32.4 Å². The van der Waals surface area contributed by atoms with E-state index in [2.05, 4.69) is 19.7 Å². The number of aryl methyl sites for hydroxylation is 3. The number of fused-ring (bicyclic) bond motifs is 3. The lowest BCUT2D eigenvalue weighted by molar-refractivity contribution is 0.332. The van der Waals surface area contributed by atoms with Crippen molar-refractivity contribution in [1.29, 1.82) is 0 Å². The number of nitrogens with one attached hydrogen (secondary N) is 1. The van der Waals surface area contributed by atoms with Crippen LogP contribution < -0.4 is 5.56 Å². The minimum Gasteiger partial charge on any atom is -0.309 e. The minimum atomic E-state index is 0.0185. The zero-order valence-corrected chi connectivity index (χ0v) is 17.8. The van der Waals surface area contributed by atoms with Crippen molar-refractivity contribution >= 4 is 33.3 Å². The lowest BCUT2D eigenvalue weighted by Gasteiger charge is -2.24. The molecule has 1 saturated carbocycles. The number of aromatic amines is 1. The van der Waals surface area contributed by atoms with Gasteiger partial charge in [0, 0.05) is 10.9 Å². The molecule has 0 aromatic carbocycles. The molecule has 8 heteroatoms. The molecular weight excluding hydrogens is 390 g/mol. The third-order valence-corrected chi connectivity index (χ3v) is 8.13. The van der Waals surface area contributed by atoms with Crippen LogP contribution in [0.2, 0.25) is 0 Å². The monoisotopic (exact) mass is 415 g/mol. The van der Waals surface area contributed by atoms with Crippen molar-refractivity contribution in [2.45, 2.75) is 81.7 Å². The lowest BCUT2D eigenvalue weighted by atomic mass is 9.95. The molecule has 0 amide bonds. The van der Waals surface area contributed by atoms with Gasteiger partial charge in [0.25, 0.3) is 5.56 Å². The third kappa shape index (κ3) is 3.30. The molecule has 3 heterocycles. The van der Waals surface area contributed by atoms with E-state index in [1.165, 1.54) is 55.4 Å². The maximum absolute atomic E-state index is 12.7. The predicted octanol–water partition coefficient (Wildman–Crippen LogP) is 4.56. The largest absolute Gasteiger partial charge is 0.309 e. The van der Waals surface area contributed by atoms with Crippen LogP contribution in [0.4, 0.5) is 0 Å². The molecule has 0 saturated heterocycles. The number of nitrogens with zero attached hydrogens (tertiary/aromatic N) is 4. The Hall–Kier alpha value is -1.67. The number of hydrogen-bond donors (Lipinski definition) is 1. The van der Waals surface area contributed by atoms with Crippen molar-refractivity contribution in [2.24, 2.45) is 0 Å². The highest BCUT2D eigenvalue weighted by Crippen LogP contribution is 2.35. The highest BCUT2D eigenvalue weighted by molar-refractivity contribution is 7.98. The number of hydrogen-bond acceptors (Lipinski definition) is 6. The Labute approximate surface area is 172 Å². The molecule has 2 aliphatic rings. The first-order valence-electron chi connectivity index (χ1n) is 10.3. The maximum atomic E-state index is 12.7. The van der Waals surface area contributed by atoms with Crippen LogP contribution >= 0.6 is 23.1 Å². The first kappa shape index (κ1) is 18.4. The fourth-order valence-electron chi connectivity index (χ4n) is 4.62. The fourth-order valence-corrected chi connectivity index (χ4v) is 6.82. The number of aromatic nitrogens is 5. The SMILES string of the molecule is Cc1nnc(SCc2nc3sc4c(c3c(=O)[nH]2)CCCC4)n1C1CCCCC1. The molecule has 0 aliphatic heterocycles. The molecule has 0 unspecified atom stereocenters. The zero-order valence-electron chi connectivity index (χ0n) is 16.2. The van der Waals surface area contributed by atoms with Crippen molar-refractivity contribution in [1.82, 2.24) is 24.7 Å². The van der Waals surface area contributed by atoms with E-state index < -0.39 is 0 Å². The fraction of sp³-hybridized carbons (Fsp3) is 0.600. The van der Waals surface area contributed by atoms with Gasteiger partial charge in [-0.2, -0.15) is 0 Å². The van der Waals surface area contributed by atoms with Gasteiger partial charge in [-0.05, 0) is 51.0 Å². The van der Waals surface area contributed by atoms with E-state index in [0.717, 1.165) is 39.9 Å². The maximum Gasteiger partial charge on any atom is 0.259 e. The van der Waals surface area contributed by atoms with E-state index in [-0.39, 0.29) is 5.56 Å². The molecule has 0 atom stereocenters. The van der Waals surface area contributed by atoms with Gasteiger partial charge in [-0.25, -0.2) is 4.98 Å². The Kier molecular flexibility index (Phi) is 5.00. The summed E-state index contributed by atoms with van der Waals surface area (Å²) in [6.07, 6.45) is 10.8. The van der Waals surface area contributed by atoms with Gasteiger partial charge < -0.3 is 9.55 Å². The summed E-state index contributed by atoms with van der Waals surface area (Å²) in [5.74, 6) is 2.33. The van der Waals surface area contributed by atoms with Gasteiger partial charge in [0.1, 0.15) is 16.5 Å². The normalized spacial score (nSPS) is 17.9. The summed E-state index contributed by atoms with van der Waals surface area (Å²) in [4.78, 5) is 22.8. The first-order chi connectivity index (χ1) is 13.7. The second-order valence-electron chi connectivity index (χ2n) is 7.88. The van der Waals surface area contributed by atoms with E-state index in [9.17, 15) is 4.79 Å². The Morgan fingerprint density at radius 1 is 1.14 bits per heavy atom. The highest BCUT2D eigenvalue weighted by atomic mass is 32.2. The summed E-state index contributed by atoms with van der Waals surface area (Å²) >= 11 is 3.33. The van der Waals surface area contributed by atoms with Gasteiger partial charge in [0.2, 0.25) is 0 Å². The van der Waals surface area contributed by atoms with Crippen LogP contribution in [0, 0.1) is 6.92 Å². The highest BCUT2D eigenvalue weighted by Gasteiger charge is 2.22. The second-order valence-corrected chi connectivity index (χ2v) is 9.91. The van der Waals surface area contributed by atoms with E-state index in [4.69, 9.17) is 4.98 Å². The molecule has 1 N–H and O–H groups in total. The molecule has 0 spiro atoms. The minimum absolute atomic E-state index is 0.0185. The molecule has 0 bridgehead atoms. The van der Waals surface area contributed by atoms with Gasteiger partial charge in [-0.15, -0.1) is 21.5 Å². The van der Waals surface area contributed by atoms with Crippen molar-refractivity contribution < 1.29 is 0 Å². The van der Waals surface area contributed by atoms with Crippen molar-refractivity contribution in [3.63, 3.8) is 0 Å². The van der Waals surface area contributed by atoms with Gasteiger partial charge in [-0.3, -0.25) is 4.79 Å². The molecule has 148 valence electrons. The number of rotatable bonds is 4. The van der Waals surface area contributed by atoms with Crippen LogP contribution in [0.5, 0.6) is 0 Å². The third-order valence-electron chi connectivity index (χ3n) is 5.99. The van der Waals surface area contributed by atoms with Gasteiger partial charge in [0.05, 0.1) is 11.1 Å². The number of thioether (sulfide) groups is 1. The average Bonchev–Trinajstić information content (AvgIpc) is 3.27. The van der Waals surface area contributed by atoms with Crippen LogP contribution in [-0.2, 0) is 18.6 Å². The van der Waals surface area contributed by atoms with Crippen molar-refractivity contribution in [2.75, 3.05) is 0 Å². The zero-order chi connectivity index (χ0) is 19.1. The molecule has 3 aromatic rings. The van der Waals surface area contributed by atoms with E-state index >= 15 is 0 Å². The summed E-state index contributed by atoms with van der Waals surface area (Å²) in [5.41, 5.74) is 1.26. The van der Waals surface area contributed by atoms with Crippen LogP contribution in [0.3, 0.4) is 0 Å². The smallest absolute Gasteiger partial charge is 0.259 e. The lowest BCUT2D eigenvalue weighted by Crippen LogP contribution is -2.15. The van der Waals surface area contributed by atoms with Gasteiger partial charge >= 0.3 is 0 Å². The molecule has 1 fully saturated rings. The summed E-state index contributed by atoms with van der Waals surface area (Å²) in [6, 6.07) is 0.504. The molecule has 3 aromatic heterocycles. The molecule has 5 rings (SSSR count). The van der Waals surface area contributed by atoms with E-state index in [1.54, 1.807) is 23.1 Å². The first-order valence-corrected chi connectivity index (χ1v) is 12.1. The van der Waals surface area contributed by atoms with Crippen molar-refractivity contribution in [3.8, 4) is 0 Å². The molecule has 2 aliphatic carbocycles. The standard InChI is InChI=1S/C20H25N5OS2/c1-12-23-24-20(25(12)13-7-3-2-4-8-13)27-11-16-21-18(26)17-14-9-5-6-10-15(14)28-19(17)22-16/h13H,2-11H2,1H3,(H,21,22,26). The van der Waals surface area contributed by atoms with E-state index in [1.807, 2.05) is 6.92 Å². The molecule has 0 radical (unpaired) electrons. The van der Waals surface area contributed by atoms with Crippen LogP contribution in [0.15, 0.2) is 9.95 Å². The Morgan fingerprint density at radius 3 is 2.82 bits per heavy atom. The Morgan fingerprint density at radius 2 is 1.96 bits per heavy atom. The number of thiophene rings is 1. The number of H-pyrrole nitrogens is 1. The summed E-state index contributed by atoms with van der Waals surface area (Å²) in [5, 5.41) is 10.5. The van der Waals surface area contributed by atoms with Gasteiger partial charge in [0.15, 0.2) is 5.16 Å². The molecular formula is C20H25N5OS2. The topological polar surface area (TPSA) is 76.5 Å². The molecule has 6 nitrogen and oxygen atoms in total. The van der Waals surface area contributed by atoms with E-state index in [0.29, 0.717) is 11.8 Å². The quantitative estimate of drug-likeness (QED) is 0.632. The van der Waals surface area contributed by atoms with Gasteiger partial charge in [-0.1, -0.05) is 31.0 Å². The Bertz CT molecular complexity index is 1060. The summed E-state index contributed by atoms with van der Waals surface area (Å²) in [7, 11) is 0. The predicted molar refractivity (Wildman–Crippen MR) is 113 cm³/mol. The summed E-state index contributed by atoms with van der Waals surface area (Å²) < 4.78 is 2.30. The Balaban J connectivity index is 1.40.